The van der Waals surface area contributed by atoms with Gasteiger partial charge in [-0.15, -0.1) is 0 Å². The van der Waals surface area contributed by atoms with Crippen LogP contribution in [0.2, 0.25) is 0 Å². The highest BCUT2D eigenvalue weighted by molar-refractivity contribution is 5.94. The highest BCUT2D eigenvalue weighted by atomic mass is 19.1. The van der Waals surface area contributed by atoms with Crippen molar-refractivity contribution in [1.29, 1.82) is 0 Å². The molecule has 31 heavy (non-hydrogen) atoms. The van der Waals surface area contributed by atoms with Gasteiger partial charge in [0.25, 0.3) is 5.91 Å². The van der Waals surface area contributed by atoms with Crippen molar-refractivity contribution in [3.8, 4) is 0 Å². The number of hydrogen-bond acceptors (Lipinski definition) is 2. The fourth-order valence-electron chi connectivity index (χ4n) is 3.43. The lowest BCUT2D eigenvalue weighted by atomic mass is 9.94. The summed E-state index contributed by atoms with van der Waals surface area (Å²) in [4.78, 5) is 12.5. The number of carbonyl (C=O) groups excluding carboxylic acids is 1. The SMILES string of the molecule is CC1=C=C=C(CNC(c2ccc(C(=O)NCc3ccc(C)cc3)cc2F)C(C)C)C=C1. The molecular formula is C27H29FN2O. The van der Waals surface area contributed by atoms with Crippen LogP contribution in [-0.2, 0) is 6.54 Å². The van der Waals surface area contributed by atoms with E-state index in [1.54, 1.807) is 12.1 Å². The fraction of sp³-hybridized carbons (Fsp3) is 0.296. The summed E-state index contributed by atoms with van der Waals surface area (Å²) in [6, 6.07) is 12.5. The van der Waals surface area contributed by atoms with Gasteiger partial charge >= 0.3 is 0 Å². The Morgan fingerprint density at radius 3 is 2.35 bits per heavy atom. The van der Waals surface area contributed by atoms with E-state index >= 15 is 0 Å². The predicted octanol–water partition coefficient (Wildman–Crippen LogP) is 5.55. The summed E-state index contributed by atoms with van der Waals surface area (Å²) in [5.74, 6) is -0.497. The first-order valence-electron chi connectivity index (χ1n) is 10.6. The molecule has 0 aromatic heterocycles. The number of benzene rings is 2. The average Bonchev–Trinajstić information content (AvgIpc) is 2.75. The standard InChI is InChI=1S/C27H29FN2O/c1-18(2)26(29-16-21-9-5-19(3)6-10-21)24-14-13-23(15-25(24)28)27(31)30-17-22-11-7-20(4)8-12-22/h5,7-9,11-15,18,26,29H,16-17H2,1-4H3,(H,30,31). The highest BCUT2D eigenvalue weighted by Crippen LogP contribution is 2.25. The zero-order valence-electron chi connectivity index (χ0n) is 18.6. The second kappa shape index (κ2) is 10.2. The summed E-state index contributed by atoms with van der Waals surface area (Å²) in [5.41, 5.74) is 11.2. The lowest BCUT2D eigenvalue weighted by Crippen LogP contribution is -2.28. The minimum absolute atomic E-state index is 0.171. The molecule has 0 bridgehead atoms. The van der Waals surface area contributed by atoms with Gasteiger partial charge in [-0.1, -0.05) is 61.2 Å². The molecule has 160 valence electrons. The van der Waals surface area contributed by atoms with Crippen molar-refractivity contribution in [2.75, 3.05) is 6.54 Å². The van der Waals surface area contributed by atoms with E-state index in [0.717, 1.165) is 16.7 Å². The first-order chi connectivity index (χ1) is 14.8. The number of halogens is 1. The maximum Gasteiger partial charge on any atom is 0.251 e. The average molecular weight is 417 g/mol. The molecular weight excluding hydrogens is 387 g/mol. The largest absolute Gasteiger partial charge is 0.348 e. The van der Waals surface area contributed by atoms with Crippen molar-refractivity contribution in [3.63, 3.8) is 0 Å². The van der Waals surface area contributed by atoms with Crippen molar-refractivity contribution in [1.82, 2.24) is 10.6 Å². The summed E-state index contributed by atoms with van der Waals surface area (Å²) in [5, 5.41) is 6.28. The van der Waals surface area contributed by atoms with Gasteiger partial charge in [-0.3, -0.25) is 4.79 Å². The minimum Gasteiger partial charge on any atom is -0.348 e. The predicted molar refractivity (Wildman–Crippen MR) is 123 cm³/mol. The molecule has 1 unspecified atom stereocenters. The van der Waals surface area contributed by atoms with Gasteiger partial charge in [-0.05, 0) is 55.2 Å². The van der Waals surface area contributed by atoms with Crippen molar-refractivity contribution >= 4 is 5.91 Å². The molecule has 1 atom stereocenters. The van der Waals surface area contributed by atoms with Crippen LogP contribution in [0.15, 0.2) is 77.2 Å². The number of carbonyl (C=O) groups is 1. The molecule has 3 rings (SSSR count). The van der Waals surface area contributed by atoms with Crippen LogP contribution in [0.1, 0.15) is 53.9 Å². The van der Waals surface area contributed by atoms with Crippen molar-refractivity contribution in [2.45, 2.75) is 40.3 Å². The van der Waals surface area contributed by atoms with E-state index in [1.807, 2.05) is 64.1 Å². The van der Waals surface area contributed by atoms with E-state index in [4.69, 9.17) is 0 Å². The number of allylic oxidation sites excluding steroid dienone is 2. The lowest BCUT2D eigenvalue weighted by molar-refractivity contribution is 0.0950. The van der Waals surface area contributed by atoms with Gasteiger partial charge in [-0.2, -0.15) is 0 Å². The normalized spacial score (nSPS) is 13.7. The molecule has 1 aliphatic rings. The molecule has 0 heterocycles. The molecule has 0 fully saturated rings. The third-order valence-corrected chi connectivity index (χ3v) is 5.31. The summed E-state index contributed by atoms with van der Waals surface area (Å²) in [6.07, 6.45) is 3.98. The quantitative estimate of drug-likeness (QED) is 0.554. The Morgan fingerprint density at radius 1 is 1.00 bits per heavy atom. The van der Waals surface area contributed by atoms with Gasteiger partial charge < -0.3 is 10.6 Å². The molecule has 1 aliphatic carbocycles. The van der Waals surface area contributed by atoms with Crippen LogP contribution in [0.3, 0.4) is 0 Å². The highest BCUT2D eigenvalue weighted by Gasteiger charge is 2.20. The van der Waals surface area contributed by atoms with Crippen molar-refractivity contribution in [2.24, 2.45) is 5.92 Å². The van der Waals surface area contributed by atoms with Gasteiger partial charge in [-0.25, -0.2) is 4.39 Å². The molecule has 2 aromatic rings. The Labute approximate surface area is 184 Å². The molecule has 0 saturated carbocycles. The maximum absolute atomic E-state index is 15.0. The molecule has 4 heteroatoms. The summed E-state index contributed by atoms with van der Waals surface area (Å²) < 4.78 is 15.0. The van der Waals surface area contributed by atoms with Crippen LogP contribution in [-0.4, -0.2) is 12.5 Å². The Hall–Kier alpha value is -3.16. The van der Waals surface area contributed by atoms with Crippen LogP contribution < -0.4 is 10.6 Å². The van der Waals surface area contributed by atoms with Gasteiger partial charge in [0, 0.05) is 35.8 Å². The fourth-order valence-corrected chi connectivity index (χ4v) is 3.43. The number of rotatable bonds is 8. The molecule has 0 spiro atoms. The summed E-state index contributed by atoms with van der Waals surface area (Å²) in [7, 11) is 0. The summed E-state index contributed by atoms with van der Waals surface area (Å²) in [6.45, 7) is 9.05. The topological polar surface area (TPSA) is 41.1 Å². The first-order valence-corrected chi connectivity index (χ1v) is 10.6. The number of aryl methyl sites for hydroxylation is 1. The van der Waals surface area contributed by atoms with E-state index in [1.165, 1.54) is 11.6 Å². The van der Waals surface area contributed by atoms with Gasteiger partial charge in [0.05, 0.1) is 0 Å². The minimum atomic E-state index is -0.381. The van der Waals surface area contributed by atoms with Crippen molar-refractivity contribution < 1.29 is 9.18 Å². The zero-order chi connectivity index (χ0) is 22.4. The number of hydrogen-bond donors (Lipinski definition) is 2. The van der Waals surface area contributed by atoms with Gasteiger partial charge in [0.1, 0.15) is 5.82 Å². The molecule has 3 nitrogen and oxygen atoms in total. The van der Waals surface area contributed by atoms with Crippen LogP contribution in [0.5, 0.6) is 0 Å². The van der Waals surface area contributed by atoms with E-state index < -0.39 is 0 Å². The van der Waals surface area contributed by atoms with E-state index in [-0.39, 0.29) is 23.7 Å². The molecule has 0 radical (unpaired) electrons. The Morgan fingerprint density at radius 2 is 1.74 bits per heavy atom. The smallest absolute Gasteiger partial charge is 0.251 e. The third-order valence-electron chi connectivity index (χ3n) is 5.31. The molecule has 2 N–H and O–H groups in total. The second-order valence-corrected chi connectivity index (χ2v) is 8.30. The Bertz CT molecular complexity index is 1080. The van der Waals surface area contributed by atoms with E-state index in [9.17, 15) is 9.18 Å². The zero-order valence-corrected chi connectivity index (χ0v) is 18.6. The molecule has 0 saturated heterocycles. The first kappa shape index (κ1) is 22.5. The van der Waals surface area contributed by atoms with Crippen LogP contribution >= 0.6 is 0 Å². The maximum atomic E-state index is 15.0. The number of amides is 1. The van der Waals surface area contributed by atoms with Crippen LogP contribution in [0.25, 0.3) is 0 Å². The molecule has 1 amide bonds. The lowest BCUT2D eigenvalue weighted by Gasteiger charge is -2.24. The van der Waals surface area contributed by atoms with Gasteiger partial charge in [0.2, 0.25) is 0 Å². The summed E-state index contributed by atoms with van der Waals surface area (Å²) >= 11 is 0. The third kappa shape index (κ3) is 6.16. The Balaban J connectivity index is 1.68. The van der Waals surface area contributed by atoms with Crippen LogP contribution in [0, 0.1) is 18.7 Å². The van der Waals surface area contributed by atoms with E-state index in [0.29, 0.717) is 24.2 Å². The molecule has 0 aliphatic heterocycles. The van der Waals surface area contributed by atoms with Crippen molar-refractivity contribution in [3.05, 3.63) is 105 Å². The van der Waals surface area contributed by atoms with Gasteiger partial charge in [0.15, 0.2) is 0 Å². The second-order valence-electron chi connectivity index (χ2n) is 8.30. The monoisotopic (exact) mass is 416 g/mol. The molecule has 2 aromatic carbocycles. The Kier molecular flexibility index (Phi) is 7.44. The van der Waals surface area contributed by atoms with E-state index in [2.05, 4.69) is 22.1 Å². The van der Waals surface area contributed by atoms with Crippen LogP contribution in [0.4, 0.5) is 4.39 Å². The number of nitrogens with one attached hydrogen (secondary N) is 2.